The van der Waals surface area contributed by atoms with Crippen LogP contribution in [0.5, 0.6) is 5.75 Å². The zero-order valence-electron chi connectivity index (χ0n) is 16.8. The van der Waals surface area contributed by atoms with Crippen LogP contribution >= 0.6 is 24.8 Å². The highest BCUT2D eigenvalue weighted by molar-refractivity contribution is 5.85. The van der Waals surface area contributed by atoms with Crippen molar-refractivity contribution in [2.24, 2.45) is 0 Å². The minimum atomic E-state index is 0. The standard InChI is InChI=1S/C23H30N2O.2ClH/c1-19(2)11-12-24-13-15-25(16-14-24)23(21-8-4-3-5-9-21)18-20-7-6-10-22(26)17-20;;/h3-11,17,23,26H,12-16,18H2,1-2H3;2*1H/t23-;;/m1../s1. The van der Waals surface area contributed by atoms with E-state index in [9.17, 15) is 5.11 Å². The first kappa shape index (κ1) is 24.5. The van der Waals surface area contributed by atoms with Gasteiger partial charge in [0.05, 0.1) is 0 Å². The summed E-state index contributed by atoms with van der Waals surface area (Å²) in [6.07, 6.45) is 3.24. The Morgan fingerprint density at radius 2 is 1.64 bits per heavy atom. The van der Waals surface area contributed by atoms with Crippen LogP contribution in [-0.2, 0) is 6.42 Å². The van der Waals surface area contributed by atoms with Gasteiger partial charge in [-0.1, -0.05) is 54.1 Å². The minimum absolute atomic E-state index is 0. The first-order valence-electron chi connectivity index (χ1n) is 9.54. The van der Waals surface area contributed by atoms with E-state index in [1.807, 2.05) is 12.1 Å². The fourth-order valence-electron chi connectivity index (χ4n) is 3.61. The third-order valence-electron chi connectivity index (χ3n) is 5.13. The Kier molecular flexibility index (Phi) is 10.6. The lowest BCUT2D eigenvalue weighted by atomic mass is 9.96. The Hall–Kier alpha value is -1.52. The molecular formula is C23H32Cl2N2O. The molecule has 3 rings (SSSR count). The fraction of sp³-hybridized carbons (Fsp3) is 0.391. The van der Waals surface area contributed by atoms with E-state index < -0.39 is 0 Å². The molecule has 5 heteroatoms. The Morgan fingerprint density at radius 3 is 2.25 bits per heavy atom. The number of halogens is 2. The molecule has 1 atom stereocenters. The van der Waals surface area contributed by atoms with Crippen LogP contribution in [0.2, 0.25) is 0 Å². The number of phenols is 1. The number of aromatic hydroxyl groups is 1. The van der Waals surface area contributed by atoms with Gasteiger partial charge in [0, 0.05) is 38.8 Å². The normalized spacial score (nSPS) is 15.8. The molecule has 0 aliphatic carbocycles. The monoisotopic (exact) mass is 422 g/mol. The summed E-state index contributed by atoms with van der Waals surface area (Å²) in [6, 6.07) is 18.8. The second-order valence-corrected chi connectivity index (χ2v) is 7.42. The van der Waals surface area contributed by atoms with Crippen LogP contribution in [0, 0.1) is 0 Å². The maximum absolute atomic E-state index is 9.82. The smallest absolute Gasteiger partial charge is 0.115 e. The van der Waals surface area contributed by atoms with Crippen molar-refractivity contribution in [3.63, 3.8) is 0 Å². The van der Waals surface area contributed by atoms with Gasteiger partial charge in [0.15, 0.2) is 0 Å². The molecule has 1 N–H and O–H groups in total. The summed E-state index contributed by atoms with van der Waals surface area (Å²) in [6.45, 7) is 9.75. The molecule has 28 heavy (non-hydrogen) atoms. The summed E-state index contributed by atoms with van der Waals surface area (Å²) in [5, 5.41) is 9.82. The lowest BCUT2D eigenvalue weighted by molar-refractivity contribution is 0.102. The maximum Gasteiger partial charge on any atom is 0.115 e. The molecule has 1 heterocycles. The van der Waals surface area contributed by atoms with Gasteiger partial charge < -0.3 is 5.11 Å². The molecule has 0 amide bonds. The maximum atomic E-state index is 9.82. The van der Waals surface area contributed by atoms with Crippen LogP contribution < -0.4 is 0 Å². The van der Waals surface area contributed by atoms with E-state index in [1.165, 1.54) is 16.7 Å². The van der Waals surface area contributed by atoms with Crippen LogP contribution in [0.1, 0.15) is 31.0 Å². The van der Waals surface area contributed by atoms with Crippen molar-refractivity contribution in [2.45, 2.75) is 26.3 Å². The van der Waals surface area contributed by atoms with Gasteiger partial charge in [-0.05, 0) is 43.5 Å². The Morgan fingerprint density at radius 1 is 0.964 bits per heavy atom. The molecule has 1 fully saturated rings. The molecule has 2 aromatic carbocycles. The number of hydrogen-bond acceptors (Lipinski definition) is 3. The highest BCUT2D eigenvalue weighted by Crippen LogP contribution is 2.27. The zero-order chi connectivity index (χ0) is 18.4. The predicted octanol–water partition coefficient (Wildman–Crippen LogP) is 5.10. The zero-order valence-corrected chi connectivity index (χ0v) is 18.4. The number of nitrogens with zero attached hydrogens (tertiary/aromatic N) is 2. The highest BCUT2D eigenvalue weighted by atomic mass is 35.5. The third kappa shape index (κ3) is 7.14. The Bertz CT molecular complexity index is 724. The average Bonchev–Trinajstić information content (AvgIpc) is 2.66. The van der Waals surface area contributed by atoms with Crippen molar-refractivity contribution >= 4 is 24.8 Å². The SMILES string of the molecule is CC(C)=CCN1CCN([C@H](Cc2cccc(O)c2)c2ccccc2)CC1.Cl.Cl. The van der Waals surface area contributed by atoms with E-state index in [2.05, 4.69) is 66.1 Å². The van der Waals surface area contributed by atoms with Gasteiger partial charge >= 0.3 is 0 Å². The van der Waals surface area contributed by atoms with Crippen molar-refractivity contribution < 1.29 is 5.11 Å². The molecule has 0 unspecified atom stereocenters. The summed E-state index contributed by atoms with van der Waals surface area (Å²) < 4.78 is 0. The van der Waals surface area contributed by atoms with Gasteiger partial charge in [0.25, 0.3) is 0 Å². The van der Waals surface area contributed by atoms with Crippen molar-refractivity contribution in [1.82, 2.24) is 9.80 Å². The van der Waals surface area contributed by atoms with E-state index in [0.717, 1.165) is 39.1 Å². The summed E-state index contributed by atoms with van der Waals surface area (Å²) in [5.74, 6) is 0.348. The second kappa shape index (κ2) is 12.1. The first-order valence-corrected chi connectivity index (χ1v) is 9.54. The van der Waals surface area contributed by atoms with E-state index >= 15 is 0 Å². The van der Waals surface area contributed by atoms with Crippen LogP contribution in [0.15, 0.2) is 66.2 Å². The number of rotatable bonds is 6. The predicted molar refractivity (Wildman–Crippen MR) is 123 cm³/mol. The summed E-state index contributed by atoms with van der Waals surface area (Å²) in [4.78, 5) is 5.12. The number of allylic oxidation sites excluding steroid dienone is 1. The van der Waals surface area contributed by atoms with Gasteiger partial charge in [-0.25, -0.2) is 0 Å². The summed E-state index contributed by atoms with van der Waals surface area (Å²) >= 11 is 0. The lowest BCUT2D eigenvalue weighted by Crippen LogP contribution is -2.48. The molecule has 1 aliphatic heterocycles. The second-order valence-electron chi connectivity index (χ2n) is 7.42. The van der Waals surface area contributed by atoms with Crippen LogP contribution in [0.4, 0.5) is 0 Å². The summed E-state index contributed by atoms with van der Waals surface area (Å²) in [7, 11) is 0. The number of benzene rings is 2. The van der Waals surface area contributed by atoms with Crippen molar-refractivity contribution in [1.29, 1.82) is 0 Å². The Balaban J connectivity index is 0.00000196. The van der Waals surface area contributed by atoms with Crippen LogP contribution in [-0.4, -0.2) is 47.6 Å². The number of phenolic OH excluding ortho intramolecular Hbond substituents is 1. The lowest BCUT2D eigenvalue weighted by Gasteiger charge is -2.39. The molecule has 3 nitrogen and oxygen atoms in total. The molecule has 1 saturated heterocycles. The first-order chi connectivity index (χ1) is 12.6. The highest BCUT2D eigenvalue weighted by Gasteiger charge is 2.25. The van der Waals surface area contributed by atoms with E-state index in [4.69, 9.17) is 0 Å². The van der Waals surface area contributed by atoms with Crippen molar-refractivity contribution in [3.05, 3.63) is 77.4 Å². The molecular weight excluding hydrogens is 391 g/mol. The van der Waals surface area contributed by atoms with E-state index in [-0.39, 0.29) is 24.8 Å². The molecule has 0 saturated carbocycles. The van der Waals surface area contributed by atoms with Gasteiger partial charge in [-0.2, -0.15) is 0 Å². The molecule has 2 aromatic rings. The minimum Gasteiger partial charge on any atom is -0.508 e. The summed E-state index contributed by atoms with van der Waals surface area (Å²) in [5.41, 5.74) is 3.93. The van der Waals surface area contributed by atoms with Crippen LogP contribution in [0.25, 0.3) is 0 Å². The molecule has 0 spiro atoms. The molecule has 154 valence electrons. The fourth-order valence-corrected chi connectivity index (χ4v) is 3.61. The largest absolute Gasteiger partial charge is 0.508 e. The molecule has 0 radical (unpaired) electrons. The van der Waals surface area contributed by atoms with Gasteiger partial charge in [0.2, 0.25) is 0 Å². The topological polar surface area (TPSA) is 26.7 Å². The molecule has 0 aromatic heterocycles. The van der Waals surface area contributed by atoms with Crippen LogP contribution in [0.3, 0.4) is 0 Å². The Labute approximate surface area is 181 Å². The van der Waals surface area contributed by atoms with E-state index in [1.54, 1.807) is 6.07 Å². The van der Waals surface area contributed by atoms with Crippen molar-refractivity contribution in [2.75, 3.05) is 32.7 Å². The number of piperazine rings is 1. The van der Waals surface area contributed by atoms with Gasteiger partial charge in [0.1, 0.15) is 5.75 Å². The molecule has 1 aliphatic rings. The number of hydrogen-bond donors (Lipinski definition) is 1. The third-order valence-corrected chi connectivity index (χ3v) is 5.13. The van der Waals surface area contributed by atoms with Crippen molar-refractivity contribution in [3.8, 4) is 5.75 Å². The molecule has 0 bridgehead atoms. The quantitative estimate of drug-likeness (QED) is 0.655. The van der Waals surface area contributed by atoms with E-state index in [0.29, 0.717) is 11.8 Å². The average molecular weight is 423 g/mol. The van der Waals surface area contributed by atoms with Gasteiger partial charge in [-0.3, -0.25) is 9.80 Å². The van der Waals surface area contributed by atoms with Gasteiger partial charge in [-0.15, -0.1) is 24.8 Å².